The third-order valence-electron chi connectivity index (χ3n) is 3.03. The number of rotatable bonds is 4. The number of nitrogens with zero attached hydrogens (tertiary/aromatic N) is 3. The molecule has 0 N–H and O–H groups in total. The maximum atomic E-state index is 6.19. The van der Waals surface area contributed by atoms with Gasteiger partial charge in [-0.1, -0.05) is 29.3 Å². The molecule has 0 amide bonds. The second-order valence-electron chi connectivity index (χ2n) is 4.58. The molecule has 0 atom stereocenters. The maximum absolute atomic E-state index is 6.19. The summed E-state index contributed by atoms with van der Waals surface area (Å²) in [6.45, 7) is 2.66. The molecular formula is C16H13Cl2N3OS. The Hall–Kier alpha value is -1.82. The van der Waals surface area contributed by atoms with Gasteiger partial charge in [-0.3, -0.25) is 4.99 Å². The second kappa shape index (κ2) is 7.17. The average Bonchev–Trinajstić information content (AvgIpc) is 3.16. The fraction of sp³-hybridized carbons (Fsp3) is 0.125. The summed E-state index contributed by atoms with van der Waals surface area (Å²) in [6, 6.07) is 9.02. The van der Waals surface area contributed by atoms with Gasteiger partial charge in [0, 0.05) is 22.5 Å². The zero-order valence-electron chi connectivity index (χ0n) is 12.2. The standard InChI is InChI=1S/C16H13Cl2N3OS/c1-2-19-16-21(14(10-23-16)15-4-3-7-22-15)20-9-11-5-6-12(17)8-13(11)18/h3-10H,2H2,1H3. The van der Waals surface area contributed by atoms with E-state index in [4.69, 9.17) is 27.6 Å². The highest BCUT2D eigenvalue weighted by Gasteiger charge is 2.09. The van der Waals surface area contributed by atoms with Crippen LogP contribution in [-0.4, -0.2) is 17.4 Å². The zero-order chi connectivity index (χ0) is 16.2. The Bertz CT molecular complexity index is 894. The van der Waals surface area contributed by atoms with Gasteiger partial charge in [-0.15, -0.1) is 11.3 Å². The quantitative estimate of drug-likeness (QED) is 0.605. The van der Waals surface area contributed by atoms with Gasteiger partial charge in [0.1, 0.15) is 5.69 Å². The first-order valence-corrected chi connectivity index (χ1v) is 8.57. The zero-order valence-corrected chi connectivity index (χ0v) is 14.6. The number of hydrogen-bond acceptors (Lipinski definition) is 4. The van der Waals surface area contributed by atoms with Crippen molar-refractivity contribution >= 4 is 40.8 Å². The van der Waals surface area contributed by atoms with Crippen molar-refractivity contribution < 1.29 is 4.42 Å². The molecular weight excluding hydrogens is 353 g/mol. The molecule has 0 spiro atoms. The van der Waals surface area contributed by atoms with Gasteiger partial charge in [-0.25, -0.2) is 4.68 Å². The number of thiazole rings is 1. The van der Waals surface area contributed by atoms with Crippen molar-refractivity contribution in [1.82, 2.24) is 4.68 Å². The van der Waals surface area contributed by atoms with Crippen LogP contribution in [-0.2, 0) is 0 Å². The van der Waals surface area contributed by atoms with Crippen molar-refractivity contribution in [3.63, 3.8) is 0 Å². The van der Waals surface area contributed by atoms with Crippen LogP contribution >= 0.6 is 34.5 Å². The molecule has 1 aromatic carbocycles. The third-order valence-corrected chi connectivity index (χ3v) is 4.44. The van der Waals surface area contributed by atoms with Gasteiger partial charge in [-0.05, 0) is 31.2 Å². The van der Waals surface area contributed by atoms with E-state index < -0.39 is 0 Å². The van der Waals surface area contributed by atoms with Crippen molar-refractivity contribution in [3.05, 3.63) is 62.4 Å². The summed E-state index contributed by atoms with van der Waals surface area (Å²) in [5, 5.41) is 7.63. The first kappa shape index (κ1) is 16.1. The Kier molecular flexibility index (Phi) is 5.00. The molecule has 4 nitrogen and oxygen atoms in total. The molecule has 0 unspecified atom stereocenters. The van der Waals surface area contributed by atoms with Gasteiger partial charge in [0.2, 0.25) is 4.80 Å². The summed E-state index contributed by atoms with van der Waals surface area (Å²) in [6.07, 6.45) is 3.32. The number of hydrogen-bond donors (Lipinski definition) is 0. The molecule has 0 radical (unpaired) electrons. The van der Waals surface area contributed by atoms with E-state index in [9.17, 15) is 0 Å². The Morgan fingerprint density at radius 2 is 2.17 bits per heavy atom. The van der Waals surface area contributed by atoms with Gasteiger partial charge in [0.05, 0.1) is 17.5 Å². The van der Waals surface area contributed by atoms with Crippen molar-refractivity contribution in [2.75, 3.05) is 6.54 Å². The SMILES string of the molecule is CCN=c1scc(-c2ccco2)n1N=Cc1ccc(Cl)cc1Cl. The minimum Gasteiger partial charge on any atom is -0.463 e. The van der Waals surface area contributed by atoms with Crippen molar-refractivity contribution in [2.45, 2.75) is 6.92 Å². The van der Waals surface area contributed by atoms with Crippen LogP contribution in [0.5, 0.6) is 0 Å². The Morgan fingerprint density at radius 3 is 2.87 bits per heavy atom. The second-order valence-corrected chi connectivity index (χ2v) is 6.26. The highest BCUT2D eigenvalue weighted by molar-refractivity contribution is 7.07. The summed E-state index contributed by atoms with van der Waals surface area (Å²) in [5.74, 6) is 0.734. The lowest BCUT2D eigenvalue weighted by Gasteiger charge is -2.01. The van der Waals surface area contributed by atoms with Gasteiger partial charge in [-0.2, -0.15) is 5.10 Å². The largest absolute Gasteiger partial charge is 0.463 e. The molecule has 0 fully saturated rings. The van der Waals surface area contributed by atoms with E-state index in [1.807, 2.05) is 30.5 Å². The molecule has 0 saturated carbocycles. The van der Waals surface area contributed by atoms with Gasteiger partial charge < -0.3 is 4.42 Å². The summed E-state index contributed by atoms with van der Waals surface area (Å²) < 4.78 is 7.22. The van der Waals surface area contributed by atoms with Crippen molar-refractivity contribution in [3.8, 4) is 11.5 Å². The minimum absolute atomic E-state index is 0.547. The highest BCUT2D eigenvalue weighted by Crippen LogP contribution is 2.22. The number of furan rings is 1. The van der Waals surface area contributed by atoms with Crippen LogP contribution in [0.4, 0.5) is 0 Å². The van der Waals surface area contributed by atoms with Crippen LogP contribution in [0.15, 0.2) is 56.5 Å². The van der Waals surface area contributed by atoms with E-state index >= 15 is 0 Å². The van der Waals surface area contributed by atoms with Crippen LogP contribution < -0.4 is 4.80 Å². The van der Waals surface area contributed by atoms with E-state index in [0.29, 0.717) is 16.6 Å². The lowest BCUT2D eigenvalue weighted by atomic mass is 10.2. The Labute approximate surface area is 147 Å². The molecule has 3 rings (SSSR count). The molecule has 7 heteroatoms. The fourth-order valence-electron chi connectivity index (χ4n) is 1.98. The molecule has 118 valence electrons. The summed E-state index contributed by atoms with van der Waals surface area (Å²) in [5.41, 5.74) is 1.62. The van der Waals surface area contributed by atoms with Crippen molar-refractivity contribution in [2.24, 2.45) is 10.1 Å². The maximum Gasteiger partial charge on any atom is 0.206 e. The van der Waals surface area contributed by atoms with E-state index in [0.717, 1.165) is 21.8 Å². The van der Waals surface area contributed by atoms with E-state index in [1.165, 1.54) is 11.3 Å². The smallest absolute Gasteiger partial charge is 0.206 e. The fourth-order valence-corrected chi connectivity index (χ4v) is 3.31. The predicted molar refractivity (Wildman–Crippen MR) is 95.6 cm³/mol. The Balaban J connectivity index is 2.06. The molecule has 3 aromatic rings. The van der Waals surface area contributed by atoms with Crippen molar-refractivity contribution in [1.29, 1.82) is 0 Å². The number of halogens is 2. The van der Waals surface area contributed by atoms with Gasteiger partial charge in [0.25, 0.3) is 0 Å². The van der Waals surface area contributed by atoms with Crippen LogP contribution in [0.3, 0.4) is 0 Å². The summed E-state index contributed by atoms with van der Waals surface area (Å²) in [7, 11) is 0. The summed E-state index contributed by atoms with van der Waals surface area (Å²) >= 11 is 13.6. The topological polar surface area (TPSA) is 42.8 Å². The van der Waals surface area contributed by atoms with Gasteiger partial charge >= 0.3 is 0 Å². The average molecular weight is 366 g/mol. The molecule has 2 aromatic heterocycles. The molecule has 0 aliphatic rings. The molecule has 0 bridgehead atoms. The molecule has 0 aliphatic carbocycles. The minimum atomic E-state index is 0.547. The number of benzene rings is 1. The predicted octanol–water partition coefficient (Wildman–Crippen LogP) is 4.92. The first-order valence-electron chi connectivity index (χ1n) is 6.93. The normalized spacial score (nSPS) is 12.4. The van der Waals surface area contributed by atoms with Crippen LogP contribution in [0.1, 0.15) is 12.5 Å². The lowest BCUT2D eigenvalue weighted by molar-refractivity contribution is 0.575. The monoisotopic (exact) mass is 365 g/mol. The van der Waals surface area contributed by atoms with E-state index in [2.05, 4.69) is 10.1 Å². The Morgan fingerprint density at radius 1 is 1.30 bits per heavy atom. The number of aromatic nitrogens is 1. The van der Waals surface area contributed by atoms with E-state index in [-0.39, 0.29) is 0 Å². The molecule has 23 heavy (non-hydrogen) atoms. The third kappa shape index (κ3) is 3.58. The molecule has 0 aliphatic heterocycles. The molecule has 0 saturated heterocycles. The summed E-state index contributed by atoms with van der Waals surface area (Å²) in [4.78, 5) is 5.25. The first-order chi connectivity index (χ1) is 11.2. The lowest BCUT2D eigenvalue weighted by Crippen LogP contribution is -2.12. The van der Waals surface area contributed by atoms with Crippen LogP contribution in [0.2, 0.25) is 10.0 Å². The van der Waals surface area contributed by atoms with Crippen LogP contribution in [0.25, 0.3) is 11.5 Å². The van der Waals surface area contributed by atoms with Gasteiger partial charge in [0.15, 0.2) is 5.76 Å². The van der Waals surface area contributed by atoms with Crippen LogP contribution in [0, 0.1) is 0 Å². The van der Waals surface area contributed by atoms with E-state index in [1.54, 1.807) is 29.3 Å². The molecule has 2 heterocycles. The highest BCUT2D eigenvalue weighted by atomic mass is 35.5.